The van der Waals surface area contributed by atoms with Crippen molar-refractivity contribution in [1.29, 1.82) is 0 Å². The van der Waals surface area contributed by atoms with Crippen molar-refractivity contribution in [1.82, 2.24) is 4.90 Å². The van der Waals surface area contributed by atoms with E-state index in [0.29, 0.717) is 12.8 Å². The summed E-state index contributed by atoms with van der Waals surface area (Å²) in [5.41, 5.74) is -0.668. The van der Waals surface area contributed by atoms with Crippen molar-refractivity contribution < 1.29 is 29.0 Å². The van der Waals surface area contributed by atoms with Gasteiger partial charge in [0.25, 0.3) is 0 Å². The molecule has 7 nitrogen and oxygen atoms in total. The van der Waals surface area contributed by atoms with Crippen LogP contribution in [0.2, 0.25) is 0 Å². The molecule has 0 spiro atoms. The minimum absolute atomic E-state index is 0.460. The number of hydrogen-bond donors (Lipinski definition) is 1. The van der Waals surface area contributed by atoms with Crippen molar-refractivity contribution in [2.45, 2.75) is 51.3 Å². The third-order valence-corrected chi connectivity index (χ3v) is 4.05. The van der Waals surface area contributed by atoms with Gasteiger partial charge in [0.2, 0.25) is 0 Å². The van der Waals surface area contributed by atoms with Gasteiger partial charge in [-0.2, -0.15) is 0 Å². The predicted molar refractivity (Wildman–Crippen MR) is 71.5 cm³/mol. The molecule has 21 heavy (non-hydrogen) atoms. The van der Waals surface area contributed by atoms with Crippen molar-refractivity contribution in [2.24, 2.45) is 11.8 Å². The number of carbonyl (C=O) groups is 3. The molecule has 0 saturated carbocycles. The number of carbonyl (C=O) groups excluding carboxylic acids is 2. The van der Waals surface area contributed by atoms with E-state index in [2.05, 4.69) is 0 Å². The Morgan fingerprint density at radius 2 is 1.62 bits per heavy atom. The summed E-state index contributed by atoms with van der Waals surface area (Å²) in [6.07, 6.45) is 0.592. The first-order valence-electron chi connectivity index (χ1n) is 6.99. The van der Waals surface area contributed by atoms with Crippen molar-refractivity contribution in [3.8, 4) is 0 Å². The zero-order valence-corrected chi connectivity index (χ0v) is 12.7. The predicted octanol–water partition coefficient (Wildman–Crippen LogP) is 1.26. The molecule has 0 unspecified atom stereocenters. The van der Waals surface area contributed by atoms with Gasteiger partial charge in [0, 0.05) is 12.1 Å². The number of fused-ring (bicyclic) bond motifs is 2. The average molecular weight is 299 g/mol. The van der Waals surface area contributed by atoms with E-state index in [1.807, 2.05) is 0 Å². The summed E-state index contributed by atoms with van der Waals surface area (Å²) >= 11 is 0. The lowest BCUT2D eigenvalue weighted by atomic mass is 9.79. The van der Waals surface area contributed by atoms with Crippen LogP contribution in [0.25, 0.3) is 0 Å². The van der Waals surface area contributed by atoms with Gasteiger partial charge in [-0.1, -0.05) is 0 Å². The normalized spacial score (nSPS) is 31.1. The molecule has 4 atom stereocenters. The van der Waals surface area contributed by atoms with E-state index in [-0.39, 0.29) is 0 Å². The Labute approximate surface area is 123 Å². The van der Waals surface area contributed by atoms with Gasteiger partial charge < -0.3 is 19.5 Å². The molecule has 0 radical (unpaired) electrons. The van der Waals surface area contributed by atoms with Gasteiger partial charge in [-0.05, 0) is 33.6 Å². The minimum Gasteiger partial charge on any atom is -0.481 e. The summed E-state index contributed by atoms with van der Waals surface area (Å²) in [7, 11) is 1.23. The van der Waals surface area contributed by atoms with Crippen LogP contribution in [0.5, 0.6) is 0 Å². The van der Waals surface area contributed by atoms with Crippen molar-refractivity contribution in [2.75, 3.05) is 7.11 Å². The van der Waals surface area contributed by atoms with Crippen LogP contribution < -0.4 is 0 Å². The Balaban J connectivity index is 2.28. The second-order valence-corrected chi connectivity index (χ2v) is 6.51. The lowest BCUT2D eigenvalue weighted by Gasteiger charge is -2.27. The van der Waals surface area contributed by atoms with Crippen LogP contribution in [0.3, 0.4) is 0 Å². The number of amides is 1. The molecule has 0 aromatic heterocycles. The number of rotatable bonds is 2. The molecule has 1 N–H and O–H groups in total. The minimum atomic E-state index is -1.08. The highest BCUT2D eigenvalue weighted by atomic mass is 16.6. The first-order valence-corrected chi connectivity index (χ1v) is 6.99. The summed E-state index contributed by atoms with van der Waals surface area (Å²) in [5, 5.41) is 9.40. The summed E-state index contributed by atoms with van der Waals surface area (Å²) < 4.78 is 10.0. The zero-order chi connectivity index (χ0) is 15.9. The fraction of sp³-hybridized carbons (Fsp3) is 0.786. The number of aliphatic carboxylic acids is 1. The Bertz CT molecular complexity index is 469. The van der Waals surface area contributed by atoms with Crippen LogP contribution in [0.15, 0.2) is 0 Å². The maximum Gasteiger partial charge on any atom is 0.410 e. The highest BCUT2D eigenvalue weighted by molar-refractivity contribution is 5.86. The zero-order valence-electron chi connectivity index (χ0n) is 12.7. The van der Waals surface area contributed by atoms with E-state index in [1.54, 1.807) is 20.8 Å². The summed E-state index contributed by atoms with van der Waals surface area (Å²) in [4.78, 5) is 37.1. The van der Waals surface area contributed by atoms with Gasteiger partial charge >= 0.3 is 18.0 Å². The number of carboxylic acid groups (broad SMARTS) is 1. The molecule has 2 saturated heterocycles. The van der Waals surface area contributed by atoms with Crippen LogP contribution >= 0.6 is 0 Å². The van der Waals surface area contributed by atoms with E-state index in [0.717, 1.165) is 0 Å². The molecule has 2 fully saturated rings. The topological polar surface area (TPSA) is 93.1 Å². The number of ether oxygens (including phenoxy) is 2. The summed E-state index contributed by atoms with van der Waals surface area (Å²) in [6.45, 7) is 5.24. The van der Waals surface area contributed by atoms with Gasteiger partial charge in [0.05, 0.1) is 18.9 Å². The molecule has 118 valence electrons. The molecular formula is C14H21NO6. The summed E-state index contributed by atoms with van der Waals surface area (Å²) in [5.74, 6) is -3.41. The smallest absolute Gasteiger partial charge is 0.410 e. The van der Waals surface area contributed by atoms with Crippen LogP contribution in [0, 0.1) is 11.8 Å². The fourth-order valence-corrected chi connectivity index (χ4v) is 3.39. The van der Waals surface area contributed by atoms with Gasteiger partial charge in [0.1, 0.15) is 5.60 Å². The Hall–Kier alpha value is -1.79. The van der Waals surface area contributed by atoms with Crippen molar-refractivity contribution in [3.05, 3.63) is 0 Å². The Morgan fingerprint density at radius 1 is 1.10 bits per heavy atom. The number of hydrogen-bond acceptors (Lipinski definition) is 5. The quantitative estimate of drug-likeness (QED) is 0.772. The molecule has 2 bridgehead atoms. The standard InChI is InChI=1S/C14H21NO6/c1-14(2,3)21-13(19)15-7-5-6-8(15)10(12(18)20-4)9(7)11(16)17/h7-10H,5-6H2,1-4H3,(H,16,17)/t7-,8-,9+,10+/m1/s1. The Kier molecular flexibility index (Phi) is 3.86. The molecule has 7 heteroatoms. The highest BCUT2D eigenvalue weighted by Crippen LogP contribution is 2.47. The lowest BCUT2D eigenvalue weighted by molar-refractivity contribution is -0.156. The second kappa shape index (κ2) is 5.20. The number of esters is 1. The molecule has 2 aliphatic heterocycles. The lowest BCUT2D eigenvalue weighted by Crippen LogP contribution is -2.41. The molecule has 2 aliphatic rings. The van der Waals surface area contributed by atoms with Crippen LogP contribution in [-0.4, -0.2) is 52.8 Å². The third-order valence-electron chi connectivity index (χ3n) is 4.05. The largest absolute Gasteiger partial charge is 0.481 e. The second-order valence-electron chi connectivity index (χ2n) is 6.51. The number of carboxylic acids is 1. The fourth-order valence-electron chi connectivity index (χ4n) is 3.39. The van der Waals surface area contributed by atoms with Crippen molar-refractivity contribution in [3.63, 3.8) is 0 Å². The maximum absolute atomic E-state index is 12.3. The molecule has 0 aromatic rings. The van der Waals surface area contributed by atoms with Gasteiger partial charge in [0.15, 0.2) is 0 Å². The van der Waals surface area contributed by atoms with E-state index in [9.17, 15) is 19.5 Å². The van der Waals surface area contributed by atoms with Gasteiger partial charge in [-0.15, -0.1) is 0 Å². The van der Waals surface area contributed by atoms with Crippen LogP contribution in [0.1, 0.15) is 33.6 Å². The molecule has 2 rings (SSSR count). The summed E-state index contributed by atoms with van der Waals surface area (Å²) in [6, 6.07) is -0.968. The van der Waals surface area contributed by atoms with E-state index >= 15 is 0 Å². The number of methoxy groups -OCH3 is 1. The Morgan fingerprint density at radius 3 is 2.05 bits per heavy atom. The van der Waals surface area contributed by atoms with E-state index < -0.39 is 47.6 Å². The van der Waals surface area contributed by atoms with E-state index in [4.69, 9.17) is 9.47 Å². The highest BCUT2D eigenvalue weighted by Gasteiger charge is 2.61. The average Bonchev–Trinajstić information content (AvgIpc) is 2.90. The molecular weight excluding hydrogens is 278 g/mol. The number of nitrogens with zero attached hydrogens (tertiary/aromatic N) is 1. The van der Waals surface area contributed by atoms with Gasteiger partial charge in [-0.3, -0.25) is 9.59 Å². The molecule has 0 aliphatic carbocycles. The maximum atomic E-state index is 12.3. The van der Waals surface area contributed by atoms with Crippen LogP contribution in [-0.2, 0) is 19.1 Å². The first-order chi connectivity index (χ1) is 9.67. The van der Waals surface area contributed by atoms with Gasteiger partial charge in [-0.25, -0.2) is 4.79 Å². The molecule has 0 aromatic carbocycles. The van der Waals surface area contributed by atoms with Crippen LogP contribution in [0.4, 0.5) is 4.79 Å². The third kappa shape index (κ3) is 2.69. The van der Waals surface area contributed by atoms with E-state index in [1.165, 1.54) is 12.0 Å². The molecule has 2 heterocycles. The van der Waals surface area contributed by atoms with Crippen molar-refractivity contribution >= 4 is 18.0 Å². The monoisotopic (exact) mass is 299 g/mol. The first kappa shape index (κ1) is 15.6. The molecule has 1 amide bonds. The SMILES string of the molecule is COC(=O)[C@@H]1[C@@H](C(=O)O)[C@H]2CC[C@H]1N2C(=O)OC(C)(C)C.